The predicted octanol–water partition coefficient (Wildman–Crippen LogP) is 6.80. The van der Waals surface area contributed by atoms with Crippen molar-refractivity contribution >= 4 is 23.4 Å². The smallest absolute Gasteiger partial charge is 0.407 e. The van der Waals surface area contributed by atoms with E-state index in [1.165, 1.54) is 24.3 Å². The summed E-state index contributed by atoms with van der Waals surface area (Å²) in [5, 5.41) is 3.05. The summed E-state index contributed by atoms with van der Waals surface area (Å²) in [6, 6.07) is 11.8. The topological polar surface area (TPSA) is 58.6 Å². The lowest BCUT2D eigenvalue weighted by atomic mass is 9.85. The van der Waals surface area contributed by atoms with Crippen molar-refractivity contribution in [2.75, 3.05) is 26.7 Å². The molecule has 0 saturated carbocycles. The first-order valence-corrected chi connectivity index (χ1v) is 13.7. The van der Waals surface area contributed by atoms with Crippen LogP contribution in [0.15, 0.2) is 48.5 Å². The van der Waals surface area contributed by atoms with Crippen LogP contribution in [0.25, 0.3) is 0 Å². The third-order valence-corrected chi connectivity index (χ3v) is 7.50. The molecule has 1 N–H and O–H groups in total. The molecule has 39 heavy (non-hydrogen) atoms. The molecular formula is C31H44F2N3O3+. The number of nitrogens with one attached hydrogen (secondary N) is 1. The second-order valence-corrected chi connectivity index (χ2v) is 12.9. The summed E-state index contributed by atoms with van der Waals surface area (Å²) >= 11 is 0. The Balaban J connectivity index is 1.68. The van der Waals surface area contributed by atoms with Crippen LogP contribution in [0, 0.1) is 23.0 Å². The molecular weight excluding hydrogens is 500 g/mol. The molecule has 0 spiro atoms. The van der Waals surface area contributed by atoms with Crippen molar-refractivity contribution in [3.8, 4) is 0 Å². The maximum Gasteiger partial charge on any atom is 0.407 e. The molecule has 8 heteroatoms. The van der Waals surface area contributed by atoms with Gasteiger partial charge in [0.25, 0.3) is 0 Å². The zero-order chi connectivity index (χ0) is 29.0. The average molecular weight is 545 g/mol. The molecule has 1 atom stereocenters. The van der Waals surface area contributed by atoms with Gasteiger partial charge in [-0.15, -0.1) is 0 Å². The van der Waals surface area contributed by atoms with Gasteiger partial charge in [0, 0.05) is 36.9 Å². The van der Waals surface area contributed by atoms with Crippen LogP contribution in [0.4, 0.5) is 25.0 Å². The van der Waals surface area contributed by atoms with Gasteiger partial charge in [-0.25, -0.2) is 18.4 Å². The molecule has 2 aromatic carbocycles. The number of alkyl carbamates (subject to hydrolysis) is 1. The highest BCUT2D eigenvalue weighted by molar-refractivity contribution is 5.94. The lowest BCUT2D eigenvalue weighted by molar-refractivity contribution is -0.128. The molecule has 1 unspecified atom stereocenters. The Morgan fingerprint density at radius 3 is 1.92 bits per heavy atom. The molecule has 1 saturated heterocycles. The van der Waals surface area contributed by atoms with Crippen LogP contribution in [-0.2, 0) is 9.53 Å². The van der Waals surface area contributed by atoms with Gasteiger partial charge in [-0.3, -0.25) is 0 Å². The molecule has 2 aromatic rings. The van der Waals surface area contributed by atoms with Gasteiger partial charge in [-0.2, -0.15) is 4.48 Å². The lowest BCUT2D eigenvalue weighted by Crippen LogP contribution is -2.53. The number of halogens is 2. The molecule has 0 aromatic heterocycles. The van der Waals surface area contributed by atoms with Gasteiger partial charge in [0.15, 0.2) is 0 Å². The Bertz CT molecular complexity index is 1100. The van der Waals surface area contributed by atoms with Crippen molar-refractivity contribution in [2.24, 2.45) is 11.3 Å². The van der Waals surface area contributed by atoms with E-state index in [2.05, 4.69) is 31.0 Å². The first-order valence-electron chi connectivity index (χ1n) is 13.7. The highest BCUT2D eigenvalue weighted by atomic mass is 19.1. The monoisotopic (exact) mass is 544 g/mol. The Kier molecular flexibility index (Phi) is 9.55. The number of benzene rings is 2. The maximum absolute atomic E-state index is 14.2. The van der Waals surface area contributed by atoms with Crippen molar-refractivity contribution in [2.45, 2.75) is 72.4 Å². The van der Waals surface area contributed by atoms with Gasteiger partial charge in [0.2, 0.25) is 0 Å². The third-order valence-electron chi connectivity index (χ3n) is 7.50. The standard InChI is InChI=1S/C31H43F2N3O3/c1-30(2,3)27(34-29(38)39-31(4,5)6)21-35-16-14-22(15-17-35)18-28(37)36(7,25-12-8-10-23(32)19-25)26-13-9-11-24(33)20-26/h8-13,19-20,22,27H,14-18,21H2,1-7H3/p+1. The molecule has 1 aliphatic rings. The summed E-state index contributed by atoms with van der Waals surface area (Å²) in [6.45, 7) is 14.1. The van der Waals surface area contributed by atoms with E-state index in [0.29, 0.717) is 24.3 Å². The minimum atomic E-state index is -0.568. The quantitative estimate of drug-likeness (QED) is 0.390. The molecule has 6 nitrogen and oxygen atoms in total. The molecule has 1 fully saturated rings. The van der Waals surface area contributed by atoms with Gasteiger partial charge in [0.05, 0.1) is 13.5 Å². The number of rotatable bonds is 7. The summed E-state index contributed by atoms with van der Waals surface area (Å²) in [5.74, 6) is -0.838. The van der Waals surface area contributed by atoms with Crippen molar-refractivity contribution in [1.82, 2.24) is 14.7 Å². The number of carbonyl (C=O) groups excluding carboxylic acids is 2. The summed E-state index contributed by atoms with van der Waals surface area (Å²) in [6.07, 6.45) is 1.52. The second-order valence-electron chi connectivity index (χ2n) is 12.9. The van der Waals surface area contributed by atoms with E-state index in [0.717, 1.165) is 25.9 Å². The van der Waals surface area contributed by atoms with Gasteiger partial charge in [-0.1, -0.05) is 32.9 Å². The van der Waals surface area contributed by atoms with E-state index in [-0.39, 0.29) is 27.8 Å². The molecule has 0 aliphatic carbocycles. The number of hydrogen-bond donors (Lipinski definition) is 1. The van der Waals surface area contributed by atoms with Gasteiger partial charge < -0.3 is 15.0 Å². The van der Waals surface area contributed by atoms with Crippen LogP contribution in [0.5, 0.6) is 0 Å². The number of piperidine rings is 1. The predicted molar refractivity (Wildman–Crippen MR) is 152 cm³/mol. The van der Waals surface area contributed by atoms with Crippen LogP contribution < -0.4 is 9.80 Å². The number of nitrogens with zero attached hydrogens (tertiary/aromatic N) is 2. The van der Waals surface area contributed by atoms with E-state index in [9.17, 15) is 18.4 Å². The number of likely N-dealkylation sites (tertiary alicyclic amines) is 1. The molecule has 1 heterocycles. The normalized spacial score (nSPS) is 16.5. The van der Waals surface area contributed by atoms with Gasteiger partial charge >= 0.3 is 12.0 Å². The fourth-order valence-corrected chi connectivity index (χ4v) is 4.99. The first kappa shape index (κ1) is 30.7. The third kappa shape index (κ3) is 8.32. The Labute approximate surface area is 231 Å². The van der Waals surface area contributed by atoms with Crippen molar-refractivity contribution in [3.05, 3.63) is 60.2 Å². The summed E-state index contributed by atoms with van der Waals surface area (Å²) in [4.78, 5) is 28.6. The van der Waals surface area contributed by atoms with Crippen molar-refractivity contribution in [1.29, 1.82) is 0 Å². The van der Waals surface area contributed by atoms with E-state index < -0.39 is 23.3 Å². The summed E-state index contributed by atoms with van der Waals surface area (Å²) < 4.78 is 33.5. The maximum atomic E-state index is 14.2. The fraction of sp³-hybridized carbons (Fsp3) is 0.548. The average Bonchev–Trinajstić information content (AvgIpc) is 2.82. The summed E-state index contributed by atoms with van der Waals surface area (Å²) in [7, 11) is 1.71. The highest BCUT2D eigenvalue weighted by Crippen LogP contribution is 2.36. The highest BCUT2D eigenvalue weighted by Gasteiger charge is 2.40. The Morgan fingerprint density at radius 1 is 0.974 bits per heavy atom. The minimum Gasteiger partial charge on any atom is -0.444 e. The Morgan fingerprint density at radius 2 is 1.49 bits per heavy atom. The van der Waals surface area contributed by atoms with Gasteiger partial charge in [-0.05, 0) is 70.2 Å². The van der Waals surface area contributed by atoms with Crippen LogP contribution in [0.1, 0.15) is 60.8 Å². The fourth-order valence-electron chi connectivity index (χ4n) is 4.99. The van der Waals surface area contributed by atoms with E-state index in [1.54, 1.807) is 31.3 Å². The Hall–Kier alpha value is -2.84. The largest absolute Gasteiger partial charge is 0.444 e. The molecule has 1 aliphatic heterocycles. The van der Waals surface area contributed by atoms with Crippen molar-refractivity contribution in [3.63, 3.8) is 0 Å². The van der Waals surface area contributed by atoms with E-state index in [4.69, 9.17) is 4.74 Å². The second kappa shape index (κ2) is 12.1. The first-order chi connectivity index (χ1) is 18.1. The molecule has 0 bridgehead atoms. The van der Waals surface area contributed by atoms with E-state index in [1.807, 2.05) is 20.8 Å². The number of amides is 2. The number of quaternary nitrogens is 1. The zero-order valence-electron chi connectivity index (χ0n) is 24.4. The van der Waals surface area contributed by atoms with E-state index >= 15 is 0 Å². The van der Waals surface area contributed by atoms with Crippen LogP contribution >= 0.6 is 0 Å². The zero-order valence-corrected chi connectivity index (χ0v) is 24.4. The van der Waals surface area contributed by atoms with Crippen LogP contribution in [0.2, 0.25) is 0 Å². The molecule has 214 valence electrons. The molecule has 3 rings (SSSR count). The number of carbonyl (C=O) groups is 2. The molecule has 0 radical (unpaired) electrons. The summed E-state index contributed by atoms with van der Waals surface area (Å²) in [5.41, 5.74) is 0.189. The number of hydrogen-bond acceptors (Lipinski definition) is 4. The SMILES string of the molecule is CC(C)(C)OC(=O)NC(CN1CCC(CC(=O)[N+](C)(c2cccc(F)c2)c2cccc(F)c2)CC1)C(C)(C)C. The van der Waals surface area contributed by atoms with Crippen LogP contribution in [-0.4, -0.2) is 55.2 Å². The number of ether oxygens (including phenoxy) is 1. The molecule has 2 amide bonds. The van der Waals surface area contributed by atoms with Crippen LogP contribution in [0.3, 0.4) is 0 Å². The lowest BCUT2D eigenvalue weighted by Gasteiger charge is -2.39. The minimum absolute atomic E-state index is 0.105. The van der Waals surface area contributed by atoms with Crippen molar-refractivity contribution < 1.29 is 23.1 Å². The van der Waals surface area contributed by atoms with Gasteiger partial charge in [0.1, 0.15) is 28.6 Å².